The topological polar surface area (TPSA) is 46.9 Å². The van der Waals surface area contributed by atoms with Crippen molar-refractivity contribution in [2.45, 2.75) is 20.3 Å². The van der Waals surface area contributed by atoms with Crippen molar-refractivity contribution in [2.75, 3.05) is 11.1 Å². The SMILES string of the molecule is Cc1ccc(-n2ncc(NC(=O)CCS)c2C)cc1. The lowest BCUT2D eigenvalue weighted by molar-refractivity contribution is -0.115. The summed E-state index contributed by atoms with van der Waals surface area (Å²) in [6.45, 7) is 3.98. The lowest BCUT2D eigenvalue weighted by Gasteiger charge is -2.06. The molecule has 0 radical (unpaired) electrons. The van der Waals surface area contributed by atoms with Crippen LogP contribution in [0.4, 0.5) is 5.69 Å². The van der Waals surface area contributed by atoms with E-state index in [0.717, 1.165) is 17.1 Å². The molecule has 0 aliphatic rings. The molecule has 0 aliphatic heterocycles. The summed E-state index contributed by atoms with van der Waals surface area (Å²) in [6.07, 6.45) is 2.07. The molecule has 5 heteroatoms. The third kappa shape index (κ3) is 3.17. The van der Waals surface area contributed by atoms with Crippen molar-refractivity contribution in [3.63, 3.8) is 0 Å². The fourth-order valence-corrected chi connectivity index (χ4v) is 2.00. The maximum absolute atomic E-state index is 11.6. The van der Waals surface area contributed by atoms with E-state index in [2.05, 4.69) is 23.0 Å². The molecule has 0 fully saturated rings. The Hall–Kier alpha value is -1.75. The van der Waals surface area contributed by atoms with E-state index >= 15 is 0 Å². The highest BCUT2D eigenvalue weighted by atomic mass is 32.1. The maximum Gasteiger partial charge on any atom is 0.225 e. The van der Waals surface area contributed by atoms with Crippen LogP contribution >= 0.6 is 12.6 Å². The Morgan fingerprint density at radius 3 is 2.63 bits per heavy atom. The number of benzene rings is 1. The zero-order chi connectivity index (χ0) is 13.8. The van der Waals surface area contributed by atoms with Crippen molar-refractivity contribution in [2.24, 2.45) is 0 Å². The molecular formula is C14H17N3OS. The minimum Gasteiger partial charge on any atom is -0.323 e. The van der Waals surface area contributed by atoms with Crippen molar-refractivity contribution in [3.05, 3.63) is 41.7 Å². The molecule has 19 heavy (non-hydrogen) atoms. The number of nitrogens with one attached hydrogen (secondary N) is 1. The van der Waals surface area contributed by atoms with Crippen LogP contribution in [0.15, 0.2) is 30.5 Å². The van der Waals surface area contributed by atoms with Gasteiger partial charge in [-0.25, -0.2) is 4.68 Å². The summed E-state index contributed by atoms with van der Waals surface area (Å²) in [5, 5.41) is 7.15. The number of anilines is 1. The maximum atomic E-state index is 11.6. The molecule has 1 aromatic carbocycles. The molecule has 0 saturated carbocycles. The molecule has 100 valence electrons. The van der Waals surface area contributed by atoms with Gasteiger partial charge in [0, 0.05) is 6.42 Å². The highest BCUT2D eigenvalue weighted by molar-refractivity contribution is 7.80. The largest absolute Gasteiger partial charge is 0.323 e. The molecule has 0 spiro atoms. The van der Waals surface area contributed by atoms with Gasteiger partial charge in [0.05, 0.1) is 23.3 Å². The summed E-state index contributed by atoms with van der Waals surface area (Å²) in [4.78, 5) is 11.6. The van der Waals surface area contributed by atoms with E-state index < -0.39 is 0 Å². The third-order valence-electron chi connectivity index (χ3n) is 2.90. The third-order valence-corrected chi connectivity index (χ3v) is 3.12. The van der Waals surface area contributed by atoms with Gasteiger partial charge in [-0.2, -0.15) is 17.7 Å². The van der Waals surface area contributed by atoms with Gasteiger partial charge in [-0.05, 0) is 31.7 Å². The van der Waals surface area contributed by atoms with Gasteiger partial charge in [0.2, 0.25) is 5.91 Å². The monoisotopic (exact) mass is 275 g/mol. The highest BCUT2D eigenvalue weighted by Crippen LogP contribution is 2.18. The fraction of sp³-hybridized carbons (Fsp3) is 0.286. The normalized spacial score (nSPS) is 10.5. The van der Waals surface area contributed by atoms with E-state index in [9.17, 15) is 4.79 Å². The molecule has 0 saturated heterocycles. The first kappa shape index (κ1) is 13.7. The van der Waals surface area contributed by atoms with Crippen molar-refractivity contribution in [1.29, 1.82) is 0 Å². The van der Waals surface area contributed by atoms with Crippen LogP contribution in [0.3, 0.4) is 0 Å². The van der Waals surface area contributed by atoms with Crippen LogP contribution in [0.25, 0.3) is 5.69 Å². The second kappa shape index (κ2) is 5.93. The van der Waals surface area contributed by atoms with E-state index in [-0.39, 0.29) is 5.91 Å². The average molecular weight is 275 g/mol. The summed E-state index contributed by atoms with van der Waals surface area (Å²) in [5.74, 6) is 0.498. The second-order valence-electron chi connectivity index (χ2n) is 4.41. The van der Waals surface area contributed by atoms with Crippen LogP contribution in [0.2, 0.25) is 0 Å². The van der Waals surface area contributed by atoms with Crippen LogP contribution in [0.1, 0.15) is 17.7 Å². The number of nitrogens with zero attached hydrogens (tertiary/aromatic N) is 2. The Labute approximate surface area is 118 Å². The quantitative estimate of drug-likeness (QED) is 0.843. The van der Waals surface area contributed by atoms with Gasteiger partial charge >= 0.3 is 0 Å². The standard InChI is InChI=1S/C14H17N3OS/c1-10-3-5-12(6-4-10)17-11(2)13(9-15-17)16-14(18)7-8-19/h3-6,9,19H,7-8H2,1-2H3,(H,16,18). The number of aryl methyl sites for hydroxylation is 1. The van der Waals surface area contributed by atoms with E-state index in [1.165, 1.54) is 5.56 Å². The number of aromatic nitrogens is 2. The lowest BCUT2D eigenvalue weighted by atomic mass is 10.2. The van der Waals surface area contributed by atoms with Crippen molar-refractivity contribution >= 4 is 24.2 Å². The first-order valence-corrected chi connectivity index (χ1v) is 6.77. The fourth-order valence-electron chi connectivity index (χ4n) is 1.79. The van der Waals surface area contributed by atoms with Crippen LogP contribution in [0.5, 0.6) is 0 Å². The van der Waals surface area contributed by atoms with E-state index in [4.69, 9.17) is 0 Å². The Kier molecular flexibility index (Phi) is 4.27. The number of hydrogen-bond acceptors (Lipinski definition) is 3. The molecule has 4 nitrogen and oxygen atoms in total. The molecule has 1 N–H and O–H groups in total. The zero-order valence-electron chi connectivity index (χ0n) is 11.1. The van der Waals surface area contributed by atoms with Crippen molar-refractivity contribution in [3.8, 4) is 5.69 Å². The Bertz CT molecular complexity index is 575. The van der Waals surface area contributed by atoms with E-state index in [1.54, 1.807) is 6.20 Å². The summed E-state index contributed by atoms with van der Waals surface area (Å²) in [7, 11) is 0. The first-order valence-electron chi connectivity index (χ1n) is 6.14. The van der Waals surface area contributed by atoms with Crippen LogP contribution in [-0.4, -0.2) is 21.4 Å². The first-order chi connectivity index (χ1) is 9.11. The number of carbonyl (C=O) groups excluding carboxylic acids is 1. The highest BCUT2D eigenvalue weighted by Gasteiger charge is 2.10. The minimum atomic E-state index is -0.0402. The smallest absolute Gasteiger partial charge is 0.225 e. The molecule has 0 bridgehead atoms. The molecule has 0 atom stereocenters. The Morgan fingerprint density at radius 2 is 2.00 bits per heavy atom. The summed E-state index contributed by atoms with van der Waals surface area (Å²) < 4.78 is 1.82. The average Bonchev–Trinajstić information content (AvgIpc) is 2.73. The van der Waals surface area contributed by atoms with Gasteiger partial charge in [-0.1, -0.05) is 17.7 Å². The van der Waals surface area contributed by atoms with Gasteiger partial charge in [-0.3, -0.25) is 4.79 Å². The number of rotatable bonds is 4. The van der Waals surface area contributed by atoms with Crippen LogP contribution < -0.4 is 5.32 Å². The van der Waals surface area contributed by atoms with Crippen molar-refractivity contribution < 1.29 is 4.79 Å². The van der Waals surface area contributed by atoms with Gasteiger partial charge in [0.1, 0.15) is 0 Å². The molecule has 1 aromatic heterocycles. The summed E-state index contributed by atoms with van der Waals surface area (Å²) in [5.41, 5.74) is 3.84. The van der Waals surface area contributed by atoms with E-state index in [1.807, 2.05) is 42.8 Å². The summed E-state index contributed by atoms with van der Waals surface area (Å²) in [6, 6.07) is 8.09. The number of thiol groups is 1. The molecular weight excluding hydrogens is 258 g/mol. The van der Waals surface area contributed by atoms with Crippen LogP contribution in [-0.2, 0) is 4.79 Å². The predicted octanol–water partition coefficient (Wildman–Crippen LogP) is 2.75. The number of hydrogen-bond donors (Lipinski definition) is 2. The molecule has 0 unspecified atom stereocenters. The molecule has 1 amide bonds. The van der Waals surface area contributed by atoms with Gasteiger partial charge in [0.25, 0.3) is 0 Å². The number of carbonyl (C=O) groups is 1. The predicted molar refractivity (Wildman–Crippen MR) is 80.1 cm³/mol. The molecule has 2 aromatic rings. The molecule has 1 heterocycles. The lowest BCUT2D eigenvalue weighted by Crippen LogP contribution is -2.12. The summed E-state index contributed by atoms with van der Waals surface area (Å²) >= 11 is 4.04. The van der Waals surface area contributed by atoms with Gasteiger partial charge < -0.3 is 5.32 Å². The minimum absolute atomic E-state index is 0.0402. The number of amides is 1. The van der Waals surface area contributed by atoms with E-state index in [0.29, 0.717) is 12.2 Å². The zero-order valence-corrected chi connectivity index (χ0v) is 11.9. The molecule has 2 rings (SSSR count). The second-order valence-corrected chi connectivity index (χ2v) is 4.86. The van der Waals surface area contributed by atoms with Crippen LogP contribution in [0, 0.1) is 13.8 Å². The van der Waals surface area contributed by atoms with Gasteiger partial charge in [0.15, 0.2) is 0 Å². The van der Waals surface area contributed by atoms with Crippen molar-refractivity contribution in [1.82, 2.24) is 9.78 Å². The Balaban J connectivity index is 2.23. The Morgan fingerprint density at radius 1 is 1.32 bits per heavy atom. The van der Waals surface area contributed by atoms with Gasteiger partial charge in [-0.15, -0.1) is 0 Å². The molecule has 0 aliphatic carbocycles.